The van der Waals surface area contributed by atoms with Crippen LogP contribution in [0.5, 0.6) is 0 Å². The molecule has 2 heterocycles. The van der Waals surface area contributed by atoms with Gasteiger partial charge in [-0.15, -0.1) is 0 Å². The van der Waals surface area contributed by atoms with Gasteiger partial charge in [-0.3, -0.25) is 9.36 Å². The van der Waals surface area contributed by atoms with Gasteiger partial charge in [0, 0.05) is 26.2 Å². The summed E-state index contributed by atoms with van der Waals surface area (Å²) in [6.45, 7) is 8.40. The minimum absolute atomic E-state index is 0.0142. The summed E-state index contributed by atoms with van der Waals surface area (Å²) in [6, 6.07) is 5.49. The molecule has 0 bridgehead atoms. The van der Waals surface area contributed by atoms with Crippen LogP contribution in [0.2, 0.25) is 0 Å². The van der Waals surface area contributed by atoms with Crippen LogP contribution in [0.1, 0.15) is 50.4 Å². The van der Waals surface area contributed by atoms with Crippen LogP contribution in [0.3, 0.4) is 0 Å². The van der Waals surface area contributed by atoms with Crippen molar-refractivity contribution in [3.63, 3.8) is 0 Å². The van der Waals surface area contributed by atoms with Crippen LogP contribution in [-0.4, -0.2) is 45.2 Å². The maximum Gasteiger partial charge on any atom is 0.326 e. The van der Waals surface area contributed by atoms with Crippen molar-refractivity contribution in [3.05, 3.63) is 34.2 Å². The van der Waals surface area contributed by atoms with Crippen molar-refractivity contribution in [3.8, 4) is 0 Å². The number of hydrogen-bond acceptors (Lipinski definition) is 3. The zero-order valence-electron chi connectivity index (χ0n) is 15.9. The van der Waals surface area contributed by atoms with Gasteiger partial charge in [0.2, 0.25) is 0 Å². The maximum absolute atomic E-state index is 13.2. The van der Waals surface area contributed by atoms with Crippen LogP contribution < -0.4 is 5.69 Å². The zero-order valence-corrected chi connectivity index (χ0v) is 15.9. The molecule has 0 atom stereocenters. The van der Waals surface area contributed by atoms with Crippen molar-refractivity contribution in [1.82, 2.24) is 14.5 Å². The Hall–Kier alpha value is -2.08. The number of benzene rings is 1. The van der Waals surface area contributed by atoms with Crippen molar-refractivity contribution in [2.75, 3.05) is 19.7 Å². The first-order valence-corrected chi connectivity index (χ1v) is 9.42. The number of carbonyl (C=O) groups is 1. The topological polar surface area (TPSA) is 78.3 Å². The second-order valence-corrected chi connectivity index (χ2v) is 8.53. The number of piperidine rings is 1. The Morgan fingerprint density at radius 3 is 2.58 bits per heavy atom. The van der Waals surface area contributed by atoms with Gasteiger partial charge in [-0.2, -0.15) is 0 Å². The zero-order chi connectivity index (χ0) is 18.9. The molecule has 0 aliphatic carbocycles. The third-order valence-electron chi connectivity index (χ3n) is 5.09. The minimum Gasteiger partial charge on any atom is -0.396 e. The van der Waals surface area contributed by atoms with E-state index in [4.69, 9.17) is 5.11 Å². The molecule has 26 heavy (non-hydrogen) atoms. The fraction of sp³-hybridized carbons (Fsp3) is 0.600. The lowest BCUT2D eigenvalue weighted by Gasteiger charge is -2.32. The normalized spacial score (nSPS) is 16.4. The number of aliphatic hydroxyl groups is 1. The van der Waals surface area contributed by atoms with Gasteiger partial charge in [-0.05, 0) is 42.7 Å². The third kappa shape index (κ3) is 3.85. The average Bonchev–Trinajstić information content (AvgIpc) is 2.89. The Morgan fingerprint density at radius 1 is 1.27 bits per heavy atom. The molecule has 6 nitrogen and oxygen atoms in total. The van der Waals surface area contributed by atoms with Gasteiger partial charge in [0.15, 0.2) is 0 Å². The molecule has 1 aliphatic rings. The smallest absolute Gasteiger partial charge is 0.326 e. The molecule has 0 saturated carbocycles. The van der Waals surface area contributed by atoms with E-state index in [2.05, 4.69) is 25.8 Å². The van der Waals surface area contributed by atoms with E-state index in [1.807, 2.05) is 23.1 Å². The second-order valence-electron chi connectivity index (χ2n) is 8.53. The SMILES string of the molecule is CC(C)(C)Cn1c(=O)[nH]c2cccc(C(=O)N3CCC(CCO)CC3)c21. The first-order valence-electron chi connectivity index (χ1n) is 9.42. The van der Waals surface area contributed by atoms with E-state index in [-0.39, 0.29) is 23.6 Å². The molecule has 0 unspecified atom stereocenters. The number of fused-ring (bicyclic) bond motifs is 1. The molecule has 142 valence electrons. The Bertz CT molecular complexity index is 836. The van der Waals surface area contributed by atoms with Gasteiger partial charge in [-0.1, -0.05) is 26.8 Å². The number of nitrogens with zero attached hydrogens (tertiary/aromatic N) is 2. The highest BCUT2D eigenvalue weighted by atomic mass is 16.3. The van der Waals surface area contributed by atoms with Crippen molar-refractivity contribution in [2.45, 2.75) is 46.6 Å². The molecule has 1 fully saturated rings. The van der Waals surface area contributed by atoms with Gasteiger partial charge < -0.3 is 15.0 Å². The molecule has 1 aromatic heterocycles. The molecule has 0 spiro atoms. The van der Waals surface area contributed by atoms with E-state index in [1.165, 1.54) is 0 Å². The fourth-order valence-electron chi connectivity index (χ4n) is 3.79. The van der Waals surface area contributed by atoms with Crippen molar-refractivity contribution >= 4 is 16.9 Å². The van der Waals surface area contributed by atoms with Crippen LogP contribution in [0.15, 0.2) is 23.0 Å². The van der Waals surface area contributed by atoms with Crippen LogP contribution in [0.25, 0.3) is 11.0 Å². The Kier molecular flexibility index (Phi) is 5.23. The number of rotatable bonds is 4. The summed E-state index contributed by atoms with van der Waals surface area (Å²) in [7, 11) is 0. The number of imidazole rings is 1. The highest BCUT2D eigenvalue weighted by molar-refractivity contribution is 6.05. The van der Waals surface area contributed by atoms with E-state index >= 15 is 0 Å². The highest BCUT2D eigenvalue weighted by Gasteiger charge is 2.26. The number of nitrogens with one attached hydrogen (secondary N) is 1. The molecule has 1 amide bonds. The van der Waals surface area contributed by atoms with Gasteiger partial charge in [0.25, 0.3) is 5.91 Å². The number of likely N-dealkylation sites (tertiary alicyclic amines) is 1. The number of aromatic amines is 1. The largest absolute Gasteiger partial charge is 0.396 e. The summed E-state index contributed by atoms with van der Waals surface area (Å²) in [5, 5.41) is 9.10. The summed E-state index contributed by atoms with van der Waals surface area (Å²) in [6.07, 6.45) is 2.65. The number of aliphatic hydroxyl groups excluding tert-OH is 1. The van der Waals surface area contributed by atoms with Crippen LogP contribution in [0, 0.1) is 11.3 Å². The number of hydrogen-bond donors (Lipinski definition) is 2. The van der Waals surface area contributed by atoms with E-state index in [0.717, 1.165) is 19.3 Å². The van der Waals surface area contributed by atoms with Gasteiger partial charge in [0.1, 0.15) is 0 Å². The molecular formula is C20H29N3O3. The third-order valence-corrected chi connectivity index (χ3v) is 5.09. The highest BCUT2D eigenvalue weighted by Crippen LogP contribution is 2.25. The van der Waals surface area contributed by atoms with Gasteiger partial charge >= 0.3 is 5.69 Å². The lowest BCUT2D eigenvalue weighted by Crippen LogP contribution is -2.39. The maximum atomic E-state index is 13.2. The average molecular weight is 359 g/mol. The number of carbonyl (C=O) groups excluding carboxylic acids is 1. The van der Waals surface area contributed by atoms with Gasteiger partial charge in [0.05, 0.1) is 16.6 Å². The van der Waals surface area contributed by atoms with E-state index < -0.39 is 0 Å². The minimum atomic E-state index is -0.170. The molecule has 3 rings (SSSR count). The van der Waals surface area contributed by atoms with Crippen LogP contribution in [0.4, 0.5) is 0 Å². The quantitative estimate of drug-likeness (QED) is 0.881. The first kappa shape index (κ1) is 18.7. The monoisotopic (exact) mass is 359 g/mol. The number of aromatic nitrogens is 2. The van der Waals surface area contributed by atoms with E-state index in [1.54, 1.807) is 4.57 Å². The molecule has 1 aromatic carbocycles. The van der Waals surface area contributed by atoms with E-state index in [9.17, 15) is 9.59 Å². The predicted molar refractivity (Wildman–Crippen MR) is 102 cm³/mol. The summed E-state index contributed by atoms with van der Waals surface area (Å²) >= 11 is 0. The van der Waals surface area contributed by atoms with Crippen LogP contribution in [-0.2, 0) is 6.54 Å². The molecular weight excluding hydrogens is 330 g/mol. The second kappa shape index (κ2) is 7.27. The standard InChI is InChI=1S/C20H29N3O3/c1-20(2,3)13-23-17-15(5-4-6-16(17)21-19(23)26)18(25)22-10-7-14(8-11-22)9-12-24/h4-6,14,24H,7-13H2,1-3H3,(H,21,26). The molecule has 1 saturated heterocycles. The van der Waals surface area contributed by atoms with Gasteiger partial charge in [-0.25, -0.2) is 4.79 Å². The lowest BCUT2D eigenvalue weighted by atomic mass is 9.93. The van der Waals surface area contributed by atoms with Crippen LogP contribution >= 0.6 is 0 Å². The summed E-state index contributed by atoms with van der Waals surface area (Å²) in [5.74, 6) is 0.478. The van der Waals surface area contributed by atoms with E-state index in [0.29, 0.717) is 42.1 Å². The predicted octanol–water partition coefficient (Wildman–Crippen LogP) is 2.61. The molecule has 1 aliphatic heterocycles. The first-order chi connectivity index (χ1) is 12.3. The molecule has 2 aromatic rings. The van der Waals surface area contributed by atoms with Crippen molar-refractivity contribution in [2.24, 2.45) is 11.3 Å². The number of amides is 1. The Labute approximate surface area is 153 Å². The summed E-state index contributed by atoms with van der Waals surface area (Å²) in [5.41, 5.74) is 1.76. The molecule has 0 radical (unpaired) electrons. The molecule has 2 N–H and O–H groups in total. The Morgan fingerprint density at radius 2 is 1.96 bits per heavy atom. The lowest BCUT2D eigenvalue weighted by molar-refractivity contribution is 0.0679. The van der Waals surface area contributed by atoms with Crippen molar-refractivity contribution in [1.29, 1.82) is 0 Å². The Balaban J connectivity index is 1.93. The molecule has 6 heteroatoms. The fourth-order valence-corrected chi connectivity index (χ4v) is 3.79. The van der Waals surface area contributed by atoms with Crippen molar-refractivity contribution < 1.29 is 9.90 Å². The number of para-hydroxylation sites is 1. The summed E-state index contributed by atoms with van der Waals surface area (Å²) in [4.78, 5) is 30.4. The summed E-state index contributed by atoms with van der Waals surface area (Å²) < 4.78 is 1.70. The number of H-pyrrole nitrogens is 1.